The monoisotopic (exact) mass is 702 g/mol. The van der Waals surface area contributed by atoms with Gasteiger partial charge in [0.15, 0.2) is 0 Å². The van der Waals surface area contributed by atoms with Gasteiger partial charge in [-0.05, 0) is 131 Å². The van der Waals surface area contributed by atoms with E-state index in [2.05, 4.69) is 204 Å². The van der Waals surface area contributed by atoms with Crippen LogP contribution in [0.3, 0.4) is 0 Å². The summed E-state index contributed by atoms with van der Waals surface area (Å²) < 4.78 is 0. The van der Waals surface area contributed by atoms with E-state index >= 15 is 0 Å². The van der Waals surface area contributed by atoms with Crippen molar-refractivity contribution in [3.05, 3.63) is 176 Å². The molecule has 53 heavy (non-hydrogen) atoms. The van der Waals surface area contributed by atoms with Gasteiger partial charge >= 0.3 is 0 Å². The Hall–Kier alpha value is -5.29. The summed E-state index contributed by atoms with van der Waals surface area (Å²) in [5.74, 6) is 1.37. The second kappa shape index (κ2) is 15.4. The largest absolute Gasteiger partial charge is 0.0748 e. The van der Waals surface area contributed by atoms with Gasteiger partial charge in [-0.2, -0.15) is 0 Å². The zero-order chi connectivity index (χ0) is 36.3. The first-order chi connectivity index (χ1) is 25.9. The van der Waals surface area contributed by atoms with Crippen LogP contribution < -0.4 is 5.30 Å². The lowest BCUT2D eigenvalue weighted by atomic mass is 9.84. The number of fused-ring (bicyclic) bond motifs is 2. The van der Waals surface area contributed by atoms with E-state index in [0.717, 1.165) is 0 Å². The van der Waals surface area contributed by atoms with Crippen molar-refractivity contribution in [1.82, 2.24) is 0 Å². The van der Waals surface area contributed by atoms with E-state index in [4.69, 9.17) is 0 Å². The molecule has 0 bridgehead atoms. The van der Waals surface area contributed by atoms with Crippen LogP contribution in [0.4, 0.5) is 0 Å². The number of benzene rings is 8. The Balaban J connectivity index is 1.38. The van der Waals surface area contributed by atoms with Crippen LogP contribution >= 0.6 is 7.92 Å². The highest BCUT2D eigenvalue weighted by atomic mass is 31.1. The zero-order valence-corrected chi connectivity index (χ0v) is 32.2. The van der Waals surface area contributed by atoms with E-state index in [9.17, 15) is 0 Å². The molecule has 8 aromatic carbocycles. The normalized spacial score (nSPS) is 11.7. The second-order valence-corrected chi connectivity index (χ2v) is 17.5. The molecule has 0 aromatic heterocycles. The lowest BCUT2D eigenvalue weighted by Crippen LogP contribution is -2.12. The summed E-state index contributed by atoms with van der Waals surface area (Å²) in [5, 5.41) is 6.62. The Morgan fingerprint density at radius 2 is 0.717 bits per heavy atom. The average Bonchev–Trinajstić information content (AvgIpc) is 3.20. The standard InChI is InChI=1S/C52H47P/c1-36(2)34-53(35-37(3)4)46-25-15-22-42(32-46)43-28-29-49-50(33-43)52(45-24-14-21-41(31-45)39-18-9-6-10-19-39)48-27-12-11-26-47(48)51(49)44-23-13-20-40(30-44)38-16-7-5-8-17-38/h5-33,36-37H,34-35H2,1-4H3. The number of rotatable bonds is 10. The molecule has 0 N–H and O–H groups in total. The molecule has 260 valence electrons. The molecule has 0 radical (unpaired) electrons. The van der Waals surface area contributed by atoms with Crippen LogP contribution in [0, 0.1) is 11.8 Å². The number of hydrogen-bond donors (Lipinski definition) is 0. The molecule has 0 unspecified atom stereocenters. The van der Waals surface area contributed by atoms with Gasteiger partial charge in [0.2, 0.25) is 0 Å². The molecule has 0 saturated carbocycles. The van der Waals surface area contributed by atoms with Gasteiger partial charge in [0.25, 0.3) is 0 Å². The molecule has 0 heterocycles. The highest BCUT2D eigenvalue weighted by Crippen LogP contribution is 2.46. The van der Waals surface area contributed by atoms with Gasteiger partial charge in [0.05, 0.1) is 0 Å². The zero-order valence-electron chi connectivity index (χ0n) is 31.3. The minimum Gasteiger partial charge on any atom is -0.0748 e. The van der Waals surface area contributed by atoms with Crippen molar-refractivity contribution in [3.8, 4) is 55.6 Å². The van der Waals surface area contributed by atoms with Crippen LogP contribution in [-0.2, 0) is 0 Å². The maximum atomic E-state index is 2.50. The van der Waals surface area contributed by atoms with Crippen LogP contribution in [0.2, 0.25) is 0 Å². The fraction of sp³-hybridized carbons (Fsp3) is 0.154. The maximum Gasteiger partial charge on any atom is -0.00259 e. The van der Waals surface area contributed by atoms with Gasteiger partial charge in [-0.15, -0.1) is 0 Å². The highest BCUT2D eigenvalue weighted by Gasteiger charge is 2.20. The van der Waals surface area contributed by atoms with Crippen LogP contribution in [0.25, 0.3) is 77.2 Å². The molecule has 8 rings (SSSR count). The first-order valence-corrected chi connectivity index (χ1v) is 20.8. The predicted molar refractivity (Wildman–Crippen MR) is 235 cm³/mol. The molecular weight excluding hydrogens is 656 g/mol. The summed E-state index contributed by atoms with van der Waals surface area (Å²) in [6.45, 7) is 9.48. The molecule has 1 heteroatoms. The van der Waals surface area contributed by atoms with Crippen LogP contribution in [0.15, 0.2) is 176 Å². The quantitative estimate of drug-likeness (QED) is 0.0983. The molecule has 0 nitrogen and oxygen atoms in total. The van der Waals surface area contributed by atoms with E-state index < -0.39 is 0 Å². The molecule has 0 atom stereocenters. The van der Waals surface area contributed by atoms with E-state index in [1.54, 1.807) is 0 Å². The summed E-state index contributed by atoms with van der Waals surface area (Å²) in [4.78, 5) is 0. The fourth-order valence-corrected chi connectivity index (χ4v) is 11.0. The molecule has 0 saturated heterocycles. The Morgan fingerprint density at radius 1 is 0.321 bits per heavy atom. The first-order valence-electron chi connectivity index (χ1n) is 19.1. The van der Waals surface area contributed by atoms with Crippen LogP contribution in [0.5, 0.6) is 0 Å². The third-order valence-electron chi connectivity index (χ3n) is 10.3. The van der Waals surface area contributed by atoms with E-state index in [1.807, 2.05) is 0 Å². The lowest BCUT2D eigenvalue weighted by Gasteiger charge is -2.23. The predicted octanol–water partition coefficient (Wildman–Crippen LogP) is 14.7. The van der Waals surface area contributed by atoms with Crippen molar-refractivity contribution in [1.29, 1.82) is 0 Å². The smallest absolute Gasteiger partial charge is 0.00259 e. The Labute approximate surface area is 316 Å². The summed E-state index contributed by atoms with van der Waals surface area (Å²) in [6.07, 6.45) is 2.54. The average molecular weight is 703 g/mol. The van der Waals surface area contributed by atoms with Crippen molar-refractivity contribution in [3.63, 3.8) is 0 Å². The lowest BCUT2D eigenvalue weighted by molar-refractivity contribution is 0.721. The Morgan fingerprint density at radius 3 is 1.25 bits per heavy atom. The molecule has 8 aromatic rings. The third kappa shape index (κ3) is 7.35. The molecule has 0 spiro atoms. The Kier molecular flexibility index (Phi) is 10.1. The highest BCUT2D eigenvalue weighted by molar-refractivity contribution is 7.65. The third-order valence-corrected chi connectivity index (χ3v) is 13.6. The first kappa shape index (κ1) is 34.8. The molecular formula is C52H47P. The van der Waals surface area contributed by atoms with E-state index in [0.29, 0.717) is 11.8 Å². The molecule has 0 aliphatic heterocycles. The number of hydrogen-bond acceptors (Lipinski definition) is 0. The molecule has 0 aliphatic carbocycles. The molecule has 0 amide bonds. The van der Waals surface area contributed by atoms with Crippen molar-refractivity contribution < 1.29 is 0 Å². The van der Waals surface area contributed by atoms with E-state index in [1.165, 1.54) is 94.8 Å². The Bertz CT molecular complexity index is 2500. The topological polar surface area (TPSA) is 0 Å². The second-order valence-electron chi connectivity index (χ2n) is 15.2. The fourth-order valence-electron chi connectivity index (χ4n) is 8.00. The van der Waals surface area contributed by atoms with Crippen LogP contribution in [-0.4, -0.2) is 12.3 Å². The van der Waals surface area contributed by atoms with Crippen molar-refractivity contribution in [2.75, 3.05) is 12.3 Å². The summed E-state index contributed by atoms with van der Waals surface area (Å²) in [7, 11) is -0.226. The van der Waals surface area contributed by atoms with Gasteiger partial charge < -0.3 is 0 Å². The van der Waals surface area contributed by atoms with Gasteiger partial charge in [0.1, 0.15) is 0 Å². The van der Waals surface area contributed by atoms with Crippen molar-refractivity contribution >= 4 is 34.8 Å². The van der Waals surface area contributed by atoms with E-state index in [-0.39, 0.29) is 7.92 Å². The van der Waals surface area contributed by atoms with Gasteiger partial charge in [-0.1, -0.05) is 187 Å². The van der Waals surface area contributed by atoms with Crippen LogP contribution in [0.1, 0.15) is 27.7 Å². The molecule has 0 aliphatic rings. The van der Waals surface area contributed by atoms with Crippen molar-refractivity contribution in [2.45, 2.75) is 27.7 Å². The summed E-state index contributed by atoms with van der Waals surface area (Å²) in [6, 6.07) is 65.4. The maximum absolute atomic E-state index is 2.50. The van der Waals surface area contributed by atoms with Gasteiger partial charge in [-0.25, -0.2) is 0 Å². The summed E-state index contributed by atoms with van der Waals surface area (Å²) in [5.41, 5.74) is 12.5. The van der Waals surface area contributed by atoms with Crippen molar-refractivity contribution in [2.24, 2.45) is 11.8 Å². The summed E-state index contributed by atoms with van der Waals surface area (Å²) >= 11 is 0. The van der Waals surface area contributed by atoms with Gasteiger partial charge in [0, 0.05) is 0 Å². The SMILES string of the molecule is CC(C)CP(CC(C)C)c1cccc(-c2ccc3c(-c4cccc(-c5ccccc5)c4)c4ccccc4c(-c4cccc(-c5ccccc5)c4)c3c2)c1. The minimum absolute atomic E-state index is 0.226. The molecule has 0 fully saturated rings. The van der Waals surface area contributed by atoms with Gasteiger partial charge in [-0.3, -0.25) is 0 Å². The minimum atomic E-state index is -0.226.